The largest absolute Gasteiger partial charge is 0.396 e. The number of likely N-dealkylation sites (tertiary alicyclic amines) is 1. The zero-order chi connectivity index (χ0) is 18.7. The average molecular weight is 364 g/mol. The molecule has 0 aliphatic carbocycles. The van der Waals surface area contributed by atoms with Gasteiger partial charge >= 0.3 is 0 Å². The first-order valence-corrected chi connectivity index (χ1v) is 9.87. The van der Waals surface area contributed by atoms with E-state index in [0.717, 1.165) is 75.6 Å². The van der Waals surface area contributed by atoms with Crippen LogP contribution in [0.4, 0.5) is 0 Å². The Morgan fingerprint density at radius 3 is 2.62 bits per heavy atom. The van der Waals surface area contributed by atoms with Crippen LogP contribution in [0, 0.1) is 19.8 Å². The van der Waals surface area contributed by atoms with E-state index >= 15 is 0 Å². The van der Waals surface area contributed by atoms with Gasteiger partial charge in [-0.25, -0.2) is 0 Å². The molecule has 0 unspecified atom stereocenters. The molecule has 146 valence electrons. The highest BCUT2D eigenvalue weighted by molar-refractivity contribution is 5.95. The number of piperidine rings is 1. The summed E-state index contributed by atoms with van der Waals surface area (Å²) >= 11 is 0. The van der Waals surface area contributed by atoms with Gasteiger partial charge in [0.1, 0.15) is 0 Å². The number of morpholine rings is 1. The molecule has 0 radical (unpaired) electrons. The predicted molar refractivity (Wildman–Crippen MR) is 101 cm³/mol. The van der Waals surface area contributed by atoms with Crippen molar-refractivity contribution >= 4 is 5.91 Å². The summed E-state index contributed by atoms with van der Waals surface area (Å²) in [6.07, 6.45) is 2.78. The van der Waals surface area contributed by atoms with E-state index in [-0.39, 0.29) is 12.5 Å². The number of amides is 1. The first-order chi connectivity index (χ1) is 12.5. The van der Waals surface area contributed by atoms with Crippen molar-refractivity contribution in [1.82, 2.24) is 14.4 Å². The molecular weight excluding hydrogens is 330 g/mol. The van der Waals surface area contributed by atoms with Gasteiger partial charge < -0.3 is 19.3 Å². The lowest BCUT2D eigenvalue weighted by Crippen LogP contribution is -2.55. The molecule has 2 fully saturated rings. The van der Waals surface area contributed by atoms with Crippen LogP contribution in [0.25, 0.3) is 0 Å². The number of carbonyl (C=O) groups excluding carboxylic acids is 1. The molecule has 6 nitrogen and oxygen atoms in total. The van der Waals surface area contributed by atoms with Gasteiger partial charge in [-0.3, -0.25) is 9.69 Å². The van der Waals surface area contributed by atoms with Crippen LogP contribution in [-0.4, -0.2) is 77.4 Å². The number of aryl methyl sites for hydroxylation is 1. The van der Waals surface area contributed by atoms with Gasteiger partial charge in [-0.05, 0) is 45.1 Å². The van der Waals surface area contributed by atoms with Crippen molar-refractivity contribution in [2.75, 3.05) is 46.0 Å². The van der Waals surface area contributed by atoms with Crippen LogP contribution in [0.2, 0.25) is 0 Å². The van der Waals surface area contributed by atoms with Gasteiger partial charge in [0.25, 0.3) is 5.91 Å². The molecule has 26 heavy (non-hydrogen) atoms. The van der Waals surface area contributed by atoms with E-state index in [1.165, 1.54) is 0 Å². The molecule has 0 saturated carbocycles. The molecule has 2 atom stereocenters. The average Bonchev–Trinajstić information content (AvgIpc) is 2.93. The Morgan fingerprint density at radius 1 is 1.27 bits per heavy atom. The fourth-order valence-electron chi connectivity index (χ4n) is 4.47. The third-order valence-electron chi connectivity index (χ3n) is 6.23. The first kappa shape index (κ1) is 19.4. The minimum Gasteiger partial charge on any atom is -0.396 e. The van der Waals surface area contributed by atoms with Crippen molar-refractivity contribution in [2.45, 2.75) is 39.2 Å². The molecular formula is C20H33N3O3. The second-order valence-electron chi connectivity index (χ2n) is 7.73. The van der Waals surface area contributed by atoms with Crippen LogP contribution in [0.15, 0.2) is 6.07 Å². The van der Waals surface area contributed by atoms with Crippen molar-refractivity contribution in [3.8, 4) is 0 Å². The first-order valence-electron chi connectivity index (χ1n) is 9.87. The maximum atomic E-state index is 13.1. The smallest absolute Gasteiger partial charge is 0.255 e. The molecule has 3 heterocycles. The lowest BCUT2D eigenvalue weighted by atomic mass is 9.86. The van der Waals surface area contributed by atoms with Crippen molar-refractivity contribution in [2.24, 2.45) is 13.0 Å². The Bertz CT molecular complexity index is 622. The molecule has 2 aliphatic heterocycles. The van der Waals surface area contributed by atoms with E-state index in [2.05, 4.69) is 9.47 Å². The van der Waals surface area contributed by atoms with Crippen molar-refractivity contribution in [3.05, 3.63) is 23.0 Å². The van der Waals surface area contributed by atoms with Gasteiger partial charge in [-0.1, -0.05) is 0 Å². The lowest BCUT2D eigenvalue weighted by Gasteiger charge is -2.45. The Kier molecular flexibility index (Phi) is 6.37. The van der Waals surface area contributed by atoms with E-state index in [1.807, 2.05) is 31.9 Å². The normalized spacial score (nSPS) is 24.8. The molecule has 1 aromatic heterocycles. The molecule has 0 bridgehead atoms. The minimum atomic E-state index is 0.153. The van der Waals surface area contributed by atoms with Gasteiger partial charge in [0, 0.05) is 57.3 Å². The molecule has 2 aliphatic rings. The Labute approximate surface area is 156 Å². The highest BCUT2D eigenvalue weighted by atomic mass is 16.5. The summed E-state index contributed by atoms with van der Waals surface area (Å²) in [6, 6.07) is 2.50. The van der Waals surface area contributed by atoms with Crippen LogP contribution >= 0.6 is 0 Å². The van der Waals surface area contributed by atoms with E-state index < -0.39 is 0 Å². The molecule has 2 saturated heterocycles. The van der Waals surface area contributed by atoms with Gasteiger partial charge in [-0.15, -0.1) is 0 Å². The van der Waals surface area contributed by atoms with Gasteiger partial charge in [0.05, 0.1) is 18.8 Å². The summed E-state index contributed by atoms with van der Waals surface area (Å²) < 4.78 is 7.58. The third kappa shape index (κ3) is 3.97. The highest BCUT2D eigenvalue weighted by Gasteiger charge is 2.36. The van der Waals surface area contributed by atoms with Crippen molar-refractivity contribution in [1.29, 1.82) is 0 Å². The molecule has 1 aromatic rings. The highest BCUT2D eigenvalue weighted by Crippen LogP contribution is 2.28. The molecule has 1 N–H and O–H groups in total. The van der Waals surface area contributed by atoms with E-state index in [4.69, 9.17) is 4.74 Å². The van der Waals surface area contributed by atoms with Crippen molar-refractivity contribution < 1.29 is 14.6 Å². The fraction of sp³-hybridized carbons (Fsp3) is 0.750. The number of nitrogens with zero attached hydrogens (tertiary/aromatic N) is 3. The van der Waals surface area contributed by atoms with Gasteiger partial charge in [-0.2, -0.15) is 0 Å². The summed E-state index contributed by atoms with van der Waals surface area (Å²) in [4.78, 5) is 17.7. The van der Waals surface area contributed by atoms with Crippen LogP contribution in [-0.2, 0) is 11.8 Å². The number of aromatic nitrogens is 1. The summed E-state index contributed by atoms with van der Waals surface area (Å²) in [5.74, 6) is 0.573. The number of aliphatic hydroxyl groups excluding tert-OH is 1. The number of aliphatic hydroxyl groups is 1. The topological polar surface area (TPSA) is 57.9 Å². The molecule has 0 aromatic carbocycles. The monoisotopic (exact) mass is 363 g/mol. The number of rotatable bonds is 5. The molecule has 1 amide bonds. The number of ether oxygens (including phenoxy) is 1. The fourth-order valence-corrected chi connectivity index (χ4v) is 4.47. The second kappa shape index (κ2) is 8.55. The standard InChI is InChI=1S/C20H33N3O3/c1-15-13-18(16(2)21(15)3)20(25)23-7-6-19(17(14-23)5-4-10-24)22-8-11-26-12-9-22/h13,17,19,24H,4-12,14H2,1-3H3/t17-,19+/m1/s1. The maximum Gasteiger partial charge on any atom is 0.255 e. The molecule has 6 heteroatoms. The quantitative estimate of drug-likeness (QED) is 0.863. The van der Waals surface area contributed by atoms with E-state index in [9.17, 15) is 9.90 Å². The van der Waals surface area contributed by atoms with E-state index in [0.29, 0.717) is 12.0 Å². The van der Waals surface area contributed by atoms with E-state index in [1.54, 1.807) is 0 Å². The SMILES string of the molecule is Cc1cc(C(=O)N2CC[C@H](N3CCOCC3)[C@H](CCCO)C2)c(C)n1C. The summed E-state index contributed by atoms with van der Waals surface area (Å²) in [6.45, 7) is 9.43. The zero-order valence-electron chi connectivity index (χ0n) is 16.4. The Balaban J connectivity index is 1.72. The number of carbonyl (C=O) groups is 1. The molecule has 0 spiro atoms. The van der Waals surface area contributed by atoms with Crippen LogP contribution in [0.5, 0.6) is 0 Å². The third-order valence-corrected chi connectivity index (χ3v) is 6.23. The summed E-state index contributed by atoms with van der Waals surface area (Å²) in [5.41, 5.74) is 2.98. The Hall–Kier alpha value is -1.37. The minimum absolute atomic E-state index is 0.153. The maximum absolute atomic E-state index is 13.1. The number of hydrogen-bond acceptors (Lipinski definition) is 4. The van der Waals surface area contributed by atoms with Crippen LogP contribution < -0.4 is 0 Å². The van der Waals surface area contributed by atoms with Crippen LogP contribution in [0.3, 0.4) is 0 Å². The zero-order valence-corrected chi connectivity index (χ0v) is 16.4. The van der Waals surface area contributed by atoms with Crippen molar-refractivity contribution in [3.63, 3.8) is 0 Å². The Morgan fingerprint density at radius 2 is 2.00 bits per heavy atom. The van der Waals surface area contributed by atoms with Gasteiger partial charge in [0.15, 0.2) is 0 Å². The summed E-state index contributed by atoms with van der Waals surface area (Å²) in [7, 11) is 2.01. The predicted octanol–water partition coefficient (Wildman–Crippen LogP) is 1.58. The number of hydrogen-bond donors (Lipinski definition) is 1. The summed E-state index contributed by atoms with van der Waals surface area (Å²) in [5, 5.41) is 9.30. The van der Waals surface area contributed by atoms with Gasteiger partial charge in [0.2, 0.25) is 0 Å². The van der Waals surface area contributed by atoms with Crippen LogP contribution in [0.1, 0.15) is 41.0 Å². The molecule has 3 rings (SSSR count). The second-order valence-corrected chi connectivity index (χ2v) is 7.73. The lowest BCUT2D eigenvalue weighted by molar-refractivity contribution is -0.0196.